The predicted molar refractivity (Wildman–Crippen MR) is 259 cm³/mol. The maximum Gasteiger partial charge on any atom is 0.124 e. The molecule has 0 saturated carbocycles. The number of hydrogen-bond acceptors (Lipinski definition) is 4. The van der Waals surface area contributed by atoms with Crippen LogP contribution in [0.4, 0.5) is 0 Å². The quantitative estimate of drug-likeness (QED) is 0.0715. The first-order valence-electron chi connectivity index (χ1n) is 20.3. The van der Waals surface area contributed by atoms with Gasteiger partial charge in [-0.1, -0.05) is 121 Å². The zero-order valence-electron chi connectivity index (χ0n) is 34.5. The van der Waals surface area contributed by atoms with Gasteiger partial charge in [-0.2, -0.15) is 0 Å². The van der Waals surface area contributed by atoms with E-state index in [1.807, 2.05) is 12.1 Å². The molecular formula is C54H48Cl2N2O2P2Pd. The molecule has 2 N–H and O–H groups in total. The Balaban J connectivity index is 0.00000249. The second-order valence-corrected chi connectivity index (χ2v) is 21.8. The summed E-state index contributed by atoms with van der Waals surface area (Å²) in [6.45, 7) is 0.862. The van der Waals surface area contributed by atoms with Crippen LogP contribution in [-0.2, 0) is 32.7 Å². The summed E-state index contributed by atoms with van der Waals surface area (Å²) in [5, 5.41) is 29.8. The standard InChI is InChI=1S/C54H46N2O2P2.2ClH.Pd/c57-53-33-31-43(41-59(47-19-7-1-8-20-47,48-21-9-2-10-22-48)49-23-11-3-12-24-49)37-45(53)39-55-35-36-56-40-46-38-44(32-34-54(46)58)42-60(50-25-13-4-14-26-50,51-27-15-5-16-28-51)52-29-17-6-18-30-52;;;/h1-34,37-40H,35-36,41-42H2;2*1H;. The Bertz CT molecular complexity index is 2300. The first kappa shape index (κ1) is 48.8. The van der Waals surface area contributed by atoms with Crippen LogP contribution in [0.25, 0.3) is 0 Å². The van der Waals surface area contributed by atoms with E-state index in [1.54, 1.807) is 24.6 Å². The van der Waals surface area contributed by atoms with Crippen molar-refractivity contribution in [3.8, 4) is 11.5 Å². The van der Waals surface area contributed by atoms with E-state index in [2.05, 4.69) is 204 Å². The molecule has 8 rings (SSSR count). The van der Waals surface area contributed by atoms with E-state index in [9.17, 15) is 10.2 Å². The molecule has 8 aromatic carbocycles. The third-order valence-corrected chi connectivity index (χ3v) is 19.8. The number of phenolic OH excluding ortho intramolecular Hbond substituents is 2. The third kappa shape index (κ3) is 11.1. The Morgan fingerprint density at radius 1 is 0.349 bits per heavy atom. The molecule has 0 aliphatic carbocycles. The van der Waals surface area contributed by atoms with Crippen molar-refractivity contribution in [2.24, 2.45) is 9.98 Å². The molecule has 0 unspecified atom stereocenters. The molecule has 0 aliphatic heterocycles. The van der Waals surface area contributed by atoms with Crippen molar-refractivity contribution in [1.29, 1.82) is 0 Å². The van der Waals surface area contributed by atoms with Gasteiger partial charge in [0.1, 0.15) is 57.9 Å². The Hall–Kier alpha value is -5.20. The summed E-state index contributed by atoms with van der Waals surface area (Å²) < 4.78 is 0. The molecule has 0 amide bonds. The van der Waals surface area contributed by atoms with Gasteiger partial charge in [-0.25, -0.2) is 0 Å². The largest absolute Gasteiger partial charge is 1.00 e. The van der Waals surface area contributed by atoms with Crippen molar-refractivity contribution < 1.29 is 55.4 Å². The van der Waals surface area contributed by atoms with E-state index in [-0.39, 0.29) is 56.7 Å². The number of rotatable bonds is 15. The second-order valence-electron chi connectivity index (χ2n) is 14.8. The van der Waals surface area contributed by atoms with E-state index in [1.165, 1.54) is 31.8 Å². The van der Waals surface area contributed by atoms with Gasteiger partial charge in [0, 0.05) is 44.0 Å². The van der Waals surface area contributed by atoms with Gasteiger partial charge in [0.05, 0.1) is 25.4 Å². The molecule has 8 aromatic rings. The fourth-order valence-corrected chi connectivity index (χ4v) is 16.6. The molecule has 63 heavy (non-hydrogen) atoms. The topological polar surface area (TPSA) is 65.2 Å². The molecule has 0 fully saturated rings. The van der Waals surface area contributed by atoms with Crippen LogP contribution < -0.4 is 56.6 Å². The Labute approximate surface area is 399 Å². The number of benzene rings is 8. The molecule has 9 heteroatoms. The van der Waals surface area contributed by atoms with Crippen molar-refractivity contribution in [3.05, 3.63) is 241 Å². The summed E-state index contributed by atoms with van der Waals surface area (Å²) in [4.78, 5) is 9.37. The summed E-state index contributed by atoms with van der Waals surface area (Å²) in [7, 11) is -4.22. The number of halogens is 2. The minimum atomic E-state index is -2.11. The van der Waals surface area contributed by atoms with Gasteiger partial charge in [0.2, 0.25) is 0 Å². The maximum atomic E-state index is 11.0. The first-order valence-corrected chi connectivity index (χ1v) is 24.2. The fraction of sp³-hybridized carbons (Fsp3) is 0.0741. The molecule has 0 aliphatic rings. The molecule has 0 aromatic heterocycles. The number of aromatic hydroxyl groups is 2. The maximum absolute atomic E-state index is 11.0. The summed E-state index contributed by atoms with van der Waals surface area (Å²) >= 11 is 0. The van der Waals surface area contributed by atoms with Crippen LogP contribution in [0, 0.1) is 0 Å². The van der Waals surface area contributed by atoms with Crippen molar-refractivity contribution in [2.45, 2.75) is 12.3 Å². The van der Waals surface area contributed by atoms with Gasteiger partial charge < -0.3 is 35.0 Å². The van der Waals surface area contributed by atoms with E-state index < -0.39 is 14.5 Å². The van der Waals surface area contributed by atoms with E-state index >= 15 is 0 Å². The van der Waals surface area contributed by atoms with Gasteiger partial charge in [-0.15, -0.1) is 0 Å². The number of nitrogens with zero attached hydrogens (tertiary/aromatic N) is 2. The Morgan fingerprint density at radius 3 is 0.825 bits per heavy atom. The number of phenols is 2. The summed E-state index contributed by atoms with van der Waals surface area (Å²) in [5.74, 6) is 0.382. The van der Waals surface area contributed by atoms with Gasteiger partial charge in [-0.05, 0) is 108 Å². The normalized spacial score (nSPS) is 11.4. The van der Waals surface area contributed by atoms with Crippen LogP contribution in [0.2, 0.25) is 0 Å². The van der Waals surface area contributed by atoms with Crippen molar-refractivity contribution in [1.82, 2.24) is 0 Å². The minimum absolute atomic E-state index is 0. The first-order chi connectivity index (χ1) is 29.6. The van der Waals surface area contributed by atoms with Crippen molar-refractivity contribution >= 4 is 58.8 Å². The van der Waals surface area contributed by atoms with E-state index in [4.69, 9.17) is 0 Å². The van der Waals surface area contributed by atoms with Crippen LogP contribution >= 0.6 is 14.5 Å². The summed E-state index contributed by atoms with van der Waals surface area (Å²) in [5.41, 5.74) is 3.61. The molecular weight excluding hydrogens is 948 g/mol. The van der Waals surface area contributed by atoms with Gasteiger partial charge in [0.25, 0.3) is 0 Å². The molecule has 0 atom stereocenters. The molecule has 0 spiro atoms. The van der Waals surface area contributed by atoms with Crippen LogP contribution in [0.15, 0.2) is 228 Å². The monoisotopic (exact) mass is 994 g/mol. The fourth-order valence-electron chi connectivity index (χ4n) is 8.14. The van der Waals surface area contributed by atoms with Crippen LogP contribution in [0.3, 0.4) is 0 Å². The van der Waals surface area contributed by atoms with Gasteiger partial charge >= 0.3 is 0 Å². The molecule has 0 heterocycles. The van der Waals surface area contributed by atoms with Gasteiger partial charge in [0.15, 0.2) is 0 Å². The zero-order chi connectivity index (χ0) is 41.0. The average Bonchev–Trinajstić information content (AvgIpc) is 3.32. The third-order valence-electron chi connectivity index (χ3n) is 11.0. The van der Waals surface area contributed by atoms with E-state index in [0.29, 0.717) is 24.2 Å². The smallest absolute Gasteiger partial charge is 0.124 e. The molecule has 4 nitrogen and oxygen atoms in total. The Morgan fingerprint density at radius 2 is 0.587 bits per heavy atom. The van der Waals surface area contributed by atoms with Gasteiger partial charge in [-0.3, -0.25) is 9.98 Å². The Kier molecular flexibility index (Phi) is 18.2. The van der Waals surface area contributed by atoms with Crippen molar-refractivity contribution in [2.75, 3.05) is 13.1 Å². The summed E-state index contributed by atoms with van der Waals surface area (Å²) in [6, 6.07) is 76.7. The van der Waals surface area contributed by atoms with Crippen LogP contribution in [-0.4, -0.2) is 35.7 Å². The van der Waals surface area contributed by atoms with Crippen molar-refractivity contribution in [3.63, 3.8) is 0 Å². The average molecular weight is 996 g/mol. The minimum Gasteiger partial charge on any atom is -1.00 e. The number of hydrogen-bond donors (Lipinski definition) is 2. The van der Waals surface area contributed by atoms with Crippen LogP contribution in [0.1, 0.15) is 22.3 Å². The van der Waals surface area contributed by atoms with E-state index in [0.717, 1.165) is 23.5 Å². The second kappa shape index (κ2) is 23.5. The molecule has 320 valence electrons. The SMILES string of the molecule is Oc1ccc(C[P+](c2ccccc2)(c2ccccc2)c2ccccc2)cc1C=NCCN=Cc1cc(C[P+](c2ccccc2)(c2ccccc2)c2ccccc2)ccc1O.[Cl-].[Cl-].[Pd]. The zero-order valence-corrected chi connectivity index (χ0v) is 39.4. The number of aliphatic imine (C=N–C) groups is 2. The molecule has 0 bridgehead atoms. The predicted octanol–water partition coefficient (Wildman–Crippen LogP) is 3.63. The van der Waals surface area contributed by atoms with Crippen LogP contribution in [0.5, 0.6) is 11.5 Å². The summed E-state index contributed by atoms with van der Waals surface area (Å²) in [6.07, 6.45) is 5.09. The molecule has 0 saturated heterocycles. The molecule has 0 radical (unpaired) electrons.